The number of pyridine rings is 1. The molecule has 35 heavy (non-hydrogen) atoms. The Bertz CT molecular complexity index is 1160. The maximum absolute atomic E-state index is 12.8. The van der Waals surface area contributed by atoms with Gasteiger partial charge in [-0.2, -0.15) is 0 Å². The monoisotopic (exact) mass is 532 g/mol. The van der Waals surface area contributed by atoms with Crippen LogP contribution in [0.2, 0.25) is 0 Å². The van der Waals surface area contributed by atoms with Gasteiger partial charge in [0.2, 0.25) is 0 Å². The van der Waals surface area contributed by atoms with E-state index in [1.807, 2.05) is 31.2 Å². The number of amides is 1. The molecule has 0 saturated carbocycles. The van der Waals surface area contributed by atoms with E-state index in [2.05, 4.69) is 49.9 Å². The van der Waals surface area contributed by atoms with Crippen LogP contribution in [-0.4, -0.2) is 46.4 Å². The van der Waals surface area contributed by atoms with Crippen molar-refractivity contribution in [2.45, 2.75) is 44.1 Å². The predicted octanol–water partition coefficient (Wildman–Crippen LogP) is 5.78. The second-order valence-electron chi connectivity index (χ2n) is 9.19. The Kier molecular flexibility index (Phi) is 10.1. The van der Waals surface area contributed by atoms with Gasteiger partial charge in [0, 0.05) is 6.54 Å². The summed E-state index contributed by atoms with van der Waals surface area (Å²) in [5.74, 6) is 0.834. The van der Waals surface area contributed by atoms with Crippen LogP contribution in [-0.2, 0) is 11.2 Å². The van der Waals surface area contributed by atoms with Crippen LogP contribution in [0.15, 0.2) is 58.5 Å². The minimum atomic E-state index is 0. The van der Waals surface area contributed by atoms with Crippen molar-refractivity contribution >= 4 is 54.2 Å². The van der Waals surface area contributed by atoms with Gasteiger partial charge in [0.1, 0.15) is 5.65 Å². The average Bonchev–Trinajstić information content (AvgIpc) is 3.17. The number of rotatable bonds is 8. The third-order valence-corrected chi connectivity index (χ3v) is 7.85. The van der Waals surface area contributed by atoms with Gasteiger partial charge in [-0.15, -0.1) is 24.8 Å². The molecule has 0 aliphatic carbocycles. The fourth-order valence-electron chi connectivity index (χ4n) is 4.94. The summed E-state index contributed by atoms with van der Waals surface area (Å²) in [7, 11) is 0. The van der Waals surface area contributed by atoms with Crippen molar-refractivity contribution in [2.24, 2.45) is 5.92 Å². The molecule has 5 rings (SSSR count). The van der Waals surface area contributed by atoms with Crippen LogP contribution in [0.1, 0.15) is 42.6 Å². The topological polar surface area (TPSA) is 49.6 Å². The Labute approximate surface area is 224 Å². The SMILES string of the molecule is Cc1nc2cccc3n2c1C=C(C(=O)NCCCCN1CCC(Cc2ccccc2)CC1)S3.Cl.Cl. The molecule has 2 aromatic heterocycles. The number of hydrogen-bond acceptors (Lipinski definition) is 4. The van der Waals surface area contributed by atoms with Crippen LogP contribution in [0.5, 0.6) is 0 Å². The maximum Gasteiger partial charge on any atom is 0.258 e. The van der Waals surface area contributed by atoms with Crippen molar-refractivity contribution in [3.8, 4) is 0 Å². The number of imidazole rings is 1. The van der Waals surface area contributed by atoms with Crippen molar-refractivity contribution in [1.29, 1.82) is 0 Å². The third-order valence-electron chi connectivity index (χ3n) is 6.79. The summed E-state index contributed by atoms with van der Waals surface area (Å²) in [4.78, 5) is 20.7. The molecule has 3 aromatic rings. The fraction of sp³-hybridized carbons (Fsp3) is 0.407. The first-order valence-electron chi connectivity index (χ1n) is 12.1. The molecule has 1 saturated heterocycles. The Morgan fingerprint density at radius 1 is 1.06 bits per heavy atom. The first kappa shape index (κ1) is 27.6. The molecule has 1 fully saturated rings. The number of hydrogen-bond donors (Lipinski definition) is 1. The first-order valence-corrected chi connectivity index (χ1v) is 12.9. The average molecular weight is 534 g/mol. The van der Waals surface area contributed by atoms with Crippen molar-refractivity contribution in [3.63, 3.8) is 0 Å². The molecule has 8 heteroatoms. The number of aromatic nitrogens is 2. The summed E-state index contributed by atoms with van der Waals surface area (Å²) in [6, 6.07) is 16.9. The Morgan fingerprint density at radius 2 is 1.83 bits per heavy atom. The summed E-state index contributed by atoms with van der Waals surface area (Å²) >= 11 is 1.52. The van der Waals surface area contributed by atoms with E-state index in [0.717, 1.165) is 58.8 Å². The molecule has 0 unspecified atom stereocenters. The molecule has 0 spiro atoms. The molecule has 2 aliphatic heterocycles. The molecule has 0 radical (unpaired) electrons. The molecular weight excluding hydrogens is 499 g/mol. The lowest BCUT2D eigenvalue weighted by Gasteiger charge is -2.32. The van der Waals surface area contributed by atoms with Gasteiger partial charge in [-0.05, 0) is 88.4 Å². The quantitative estimate of drug-likeness (QED) is 0.373. The van der Waals surface area contributed by atoms with Crippen LogP contribution >= 0.6 is 36.6 Å². The lowest BCUT2D eigenvalue weighted by atomic mass is 9.90. The van der Waals surface area contributed by atoms with Crippen LogP contribution in [0.4, 0.5) is 0 Å². The highest BCUT2D eigenvalue weighted by atomic mass is 35.5. The van der Waals surface area contributed by atoms with Crippen molar-refractivity contribution in [3.05, 3.63) is 70.4 Å². The van der Waals surface area contributed by atoms with E-state index >= 15 is 0 Å². The number of unbranched alkanes of at least 4 members (excludes halogenated alkanes) is 1. The van der Waals surface area contributed by atoms with Gasteiger partial charge in [-0.3, -0.25) is 9.20 Å². The number of halogens is 2. The number of aryl methyl sites for hydroxylation is 1. The van der Waals surface area contributed by atoms with E-state index in [-0.39, 0.29) is 30.7 Å². The van der Waals surface area contributed by atoms with Gasteiger partial charge in [0.15, 0.2) is 0 Å². The van der Waals surface area contributed by atoms with E-state index in [1.54, 1.807) is 0 Å². The zero-order valence-corrected chi connectivity index (χ0v) is 22.6. The number of thioether (sulfide) groups is 1. The van der Waals surface area contributed by atoms with Crippen molar-refractivity contribution in [2.75, 3.05) is 26.2 Å². The zero-order valence-electron chi connectivity index (χ0n) is 20.1. The first-order chi connectivity index (χ1) is 16.2. The Hall–Kier alpha value is -1.99. The van der Waals surface area contributed by atoms with Gasteiger partial charge < -0.3 is 10.2 Å². The van der Waals surface area contributed by atoms with Crippen LogP contribution in [0, 0.1) is 12.8 Å². The summed E-state index contributed by atoms with van der Waals surface area (Å²) in [6.07, 6.45) is 7.91. The lowest BCUT2D eigenvalue weighted by Crippen LogP contribution is -2.35. The van der Waals surface area contributed by atoms with Crippen molar-refractivity contribution in [1.82, 2.24) is 19.6 Å². The van der Waals surface area contributed by atoms with Gasteiger partial charge >= 0.3 is 0 Å². The standard InChI is InChI=1S/C27H32N4OS.2ClH/c1-20-23-19-24(33-26-11-7-10-25(29-20)31(23)26)27(32)28-14-5-6-15-30-16-12-22(13-17-30)18-21-8-3-2-4-9-21;;/h2-4,7-11,19,22H,5-6,12-18H2,1H3,(H,28,32);2*1H. The van der Waals surface area contributed by atoms with E-state index in [0.29, 0.717) is 0 Å². The van der Waals surface area contributed by atoms with Gasteiger partial charge in [-0.25, -0.2) is 4.98 Å². The molecular formula is C27H34Cl2N4OS. The minimum Gasteiger partial charge on any atom is -0.352 e. The lowest BCUT2D eigenvalue weighted by molar-refractivity contribution is -0.116. The third kappa shape index (κ3) is 6.62. The molecule has 0 atom stereocenters. The molecule has 1 aromatic carbocycles. The van der Waals surface area contributed by atoms with E-state index in [9.17, 15) is 4.79 Å². The highest BCUT2D eigenvalue weighted by molar-refractivity contribution is 8.04. The number of likely N-dealkylation sites (tertiary alicyclic amines) is 1. The molecule has 1 amide bonds. The van der Waals surface area contributed by atoms with Crippen molar-refractivity contribution < 1.29 is 4.79 Å². The molecule has 2 aliphatic rings. The van der Waals surface area contributed by atoms with Gasteiger partial charge in [-0.1, -0.05) is 48.2 Å². The summed E-state index contributed by atoms with van der Waals surface area (Å²) in [5.41, 5.74) is 4.38. The number of benzene rings is 1. The Morgan fingerprint density at radius 3 is 2.60 bits per heavy atom. The molecule has 5 nitrogen and oxygen atoms in total. The summed E-state index contributed by atoms with van der Waals surface area (Å²) < 4.78 is 2.12. The van der Waals surface area contributed by atoms with E-state index in [4.69, 9.17) is 0 Å². The fourth-order valence-corrected chi connectivity index (χ4v) is 5.93. The second kappa shape index (κ2) is 12.8. The normalized spacial score (nSPS) is 15.7. The summed E-state index contributed by atoms with van der Waals surface area (Å²) in [6.45, 7) is 6.26. The number of piperidine rings is 1. The number of carbonyl (C=O) groups is 1. The molecule has 4 heterocycles. The highest BCUT2D eigenvalue weighted by Gasteiger charge is 2.22. The maximum atomic E-state index is 12.8. The van der Waals surface area contributed by atoms with Gasteiger partial charge in [0.25, 0.3) is 5.91 Å². The summed E-state index contributed by atoms with van der Waals surface area (Å²) in [5, 5.41) is 4.17. The largest absolute Gasteiger partial charge is 0.352 e. The van der Waals surface area contributed by atoms with E-state index in [1.165, 1.54) is 49.7 Å². The molecule has 0 bridgehead atoms. The highest BCUT2D eigenvalue weighted by Crippen LogP contribution is 2.35. The second-order valence-corrected chi connectivity index (χ2v) is 10.3. The van der Waals surface area contributed by atoms with Gasteiger partial charge in [0.05, 0.1) is 21.3 Å². The zero-order chi connectivity index (χ0) is 22.6. The molecule has 188 valence electrons. The number of carbonyl (C=O) groups excluding carboxylic acids is 1. The minimum absolute atomic E-state index is 0. The van der Waals surface area contributed by atoms with Crippen LogP contribution in [0.3, 0.4) is 0 Å². The number of nitrogens with one attached hydrogen (secondary N) is 1. The molecule has 1 N–H and O–H groups in total. The predicted molar refractivity (Wildman–Crippen MR) is 150 cm³/mol. The van der Waals surface area contributed by atoms with Crippen LogP contribution < -0.4 is 5.32 Å². The van der Waals surface area contributed by atoms with Crippen LogP contribution in [0.25, 0.3) is 11.7 Å². The Balaban J connectivity index is 0.00000171. The number of nitrogens with zero attached hydrogens (tertiary/aromatic N) is 3. The van der Waals surface area contributed by atoms with E-state index < -0.39 is 0 Å². The smallest absolute Gasteiger partial charge is 0.258 e.